The Kier molecular flexibility index (Phi) is 6.32. The highest BCUT2D eigenvalue weighted by molar-refractivity contribution is 6.30. The number of hydrogen-bond acceptors (Lipinski definition) is 8. The molecule has 3 aromatic heterocycles. The minimum atomic E-state index is -0.261. The molecule has 2 fully saturated rings. The fraction of sp³-hybridized carbons (Fsp3) is 0.385. The number of anilines is 1. The van der Waals surface area contributed by atoms with Gasteiger partial charge in [-0.3, -0.25) is 9.48 Å². The lowest BCUT2D eigenvalue weighted by atomic mass is 9.97. The van der Waals surface area contributed by atoms with Crippen LogP contribution in [0.15, 0.2) is 42.9 Å². The summed E-state index contributed by atoms with van der Waals surface area (Å²) in [5, 5.41) is 19.5. The maximum absolute atomic E-state index is 13.2. The molecule has 12 heteroatoms. The fourth-order valence-corrected chi connectivity index (χ4v) is 5.14. The second-order valence-electron chi connectivity index (χ2n) is 10.1. The Hall–Kier alpha value is -3.83. The SMILES string of the molecule is COCc1nn(Cc2ccc(N3CC4(CC4)C3)nc2C)cc1C(=O)NCc1cc(Cl)ccc1-n1cnnn1. The summed E-state index contributed by atoms with van der Waals surface area (Å²) in [4.78, 5) is 20.4. The predicted octanol–water partition coefficient (Wildman–Crippen LogP) is 2.94. The molecule has 4 heterocycles. The lowest BCUT2D eigenvalue weighted by Gasteiger charge is -2.41. The summed E-state index contributed by atoms with van der Waals surface area (Å²) in [6, 6.07) is 9.52. The molecule has 4 aromatic rings. The Balaban J connectivity index is 1.16. The second-order valence-corrected chi connectivity index (χ2v) is 10.5. The molecule has 196 valence electrons. The number of benzene rings is 1. The molecule has 0 radical (unpaired) electrons. The molecular weight excluding hydrogens is 506 g/mol. The quantitative estimate of drug-likeness (QED) is 0.349. The van der Waals surface area contributed by atoms with Crippen LogP contribution in [0.2, 0.25) is 5.02 Å². The van der Waals surface area contributed by atoms with Crippen molar-refractivity contribution in [1.82, 2.24) is 40.3 Å². The van der Waals surface area contributed by atoms with Crippen molar-refractivity contribution >= 4 is 23.3 Å². The number of aryl methyl sites for hydroxylation is 1. The fourth-order valence-electron chi connectivity index (χ4n) is 4.95. The third kappa shape index (κ3) is 4.86. The van der Waals surface area contributed by atoms with Crippen molar-refractivity contribution in [2.45, 2.75) is 39.5 Å². The maximum Gasteiger partial charge on any atom is 0.255 e. The van der Waals surface area contributed by atoms with Gasteiger partial charge in [-0.25, -0.2) is 9.67 Å². The smallest absolute Gasteiger partial charge is 0.255 e. The standard InChI is InChI=1S/C26H28ClN9O2/c1-17-18(3-6-24(30-17)34-14-26(15-34)7-8-26)11-35-12-21(22(31-35)13-38-2)25(37)28-10-19-9-20(27)4-5-23(19)36-16-29-32-33-36/h3-6,9,12,16H,7-8,10-11,13-15H2,1-2H3,(H,28,37). The molecule has 1 amide bonds. The van der Waals surface area contributed by atoms with Crippen LogP contribution in [0, 0.1) is 12.3 Å². The van der Waals surface area contributed by atoms with E-state index in [0.717, 1.165) is 41.4 Å². The third-order valence-electron chi connectivity index (χ3n) is 7.29. The van der Waals surface area contributed by atoms with Gasteiger partial charge in [0.25, 0.3) is 5.91 Å². The van der Waals surface area contributed by atoms with Gasteiger partial charge in [-0.1, -0.05) is 17.7 Å². The van der Waals surface area contributed by atoms with Crippen molar-refractivity contribution in [1.29, 1.82) is 0 Å². The Morgan fingerprint density at radius 2 is 2.03 bits per heavy atom. The zero-order valence-corrected chi connectivity index (χ0v) is 22.0. The van der Waals surface area contributed by atoms with Gasteiger partial charge in [0, 0.05) is 49.1 Å². The number of rotatable bonds is 9. The molecule has 0 unspecified atom stereocenters. The van der Waals surface area contributed by atoms with Gasteiger partial charge in [0.15, 0.2) is 0 Å². The molecule has 1 aromatic carbocycles. The number of pyridine rings is 1. The number of ether oxygens (including phenoxy) is 1. The van der Waals surface area contributed by atoms with Crippen LogP contribution in [0.1, 0.15) is 45.7 Å². The second kappa shape index (κ2) is 9.80. The number of hydrogen-bond donors (Lipinski definition) is 1. The summed E-state index contributed by atoms with van der Waals surface area (Å²) in [5.41, 5.74) is 5.12. The number of carbonyl (C=O) groups excluding carboxylic acids is 1. The predicted molar refractivity (Wildman–Crippen MR) is 140 cm³/mol. The third-order valence-corrected chi connectivity index (χ3v) is 7.52. The number of aromatic nitrogens is 7. The topological polar surface area (TPSA) is 116 Å². The van der Waals surface area contributed by atoms with Crippen LogP contribution in [0.4, 0.5) is 5.82 Å². The van der Waals surface area contributed by atoms with Gasteiger partial charge in [-0.15, -0.1) is 5.10 Å². The minimum Gasteiger partial charge on any atom is -0.378 e. The summed E-state index contributed by atoms with van der Waals surface area (Å²) in [6.45, 7) is 5.20. The Labute approximate surface area is 224 Å². The number of nitrogens with zero attached hydrogens (tertiary/aromatic N) is 8. The molecule has 11 nitrogen and oxygen atoms in total. The molecule has 2 aliphatic rings. The zero-order chi connectivity index (χ0) is 26.3. The van der Waals surface area contributed by atoms with E-state index in [2.05, 4.69) is 43.0 Å². The molecule has 1 saturated heterocycles. The normalized spacial score (nSPS) is 15.5. The van der Waals surface area contributed by atoms with Crippen molar-refractivity contribution in [2.24, 2.45) is 5.41 Å². The van der Waals surface area contributed by atoms with E-state index >= 15 is 0 Å². The van der Waals surface area contributed by atoms with E-state index in [1.165, 1.54) is 23.9 Å². The molecule has 1 N–H and O–H groups in total. The average Bonchev–Trinajstić information content (AvgIpc) is 3.31. The largest absolute Gasteiger partial charge is 0.378 e. The summed E-state index contributed by atoms with van der Waals surface area (Å²) in [6.07, 6.45) is 5.94. The van der Waals surface area contributed by atoms with E-state index in [4.69, 9.17) is 21.3 Å². The molecule has 1 aliphatic heterocycles. The van der Waals surface area contributed by atoms with E-state index in [-0.39, 0.29) is 19.1 Å². The van der Waals surface area contributed by atoms with Gasteiger partial charge in [-0.05, 0) is 65.6 Å². The van der Waals surface area contributed by atoms with Gasteiger partial charge in [0.05, 0.1) is 24.4 Å². The van der Waals surface area contributed by atoms with Gasteiger partial charge in [0.1, 0.15) is 17.8 Å². The van der Waals surface area contributed by atoms with Crippen LogP contribution in [0.3, 0.4) is 0 Å². The number of halogens is 1. The Bertz CT molecular complexity index is 1470. The highest BCUT2D eigenvalue weighted by Crippen LogP contribution is 2.53. The van der Waals surface area contributed by atoms with Crippen molar-refractivity contribution in [3.8, 4) is 5.69 Å². The van der Waals surface area contributed by atoms with Gasteiger partial charge in [-0.2, -0.15) is 5.10 Å². The van der Waals surface area contributed by atoms with Crippen LogP contribution < -0.4 is 10.2 Å². The number of carbonyl (C=O) groups is 1. The van der Waals surface area contributed by atoms with Crippen LogP contribution in [-0.2, 0) is 24.4 Å². The highest BCUT2D eigenvalue weighted by atomic mass is 35.5. The number of amides is 1. The van der Waals surface area contributed by atoms with E-state index in [1.807, 2.05) is 13.0 Å². The van der Waals surface area contributed by atoms with E-state index < -0.39 is 0 Å². The number of nitrogens with one attached hydrogen (secondary N) is 1. The zero-order valence-electron chi connectivity index (χ0n) is 21.3. The average molecular weight is 534 g/mol. The number of tetrazole rings is 1. The van der Waals surface area contributed by atoms with E-state index in [0.29, 0.717) is 28.2 Å². The monoisotopic (exact) mass is 533 g/mol. The van der Waals surface area contributed by atoms with Crippen LogP contribution in [0.25, 0.3) is 5.69 Å². The molecule has 1 saturated carbocycles. The summed E-state index contributed by atoms with van der Waals surface area (Å²) < 4.78 is 8.61. The maximum atomic E-state index is 13.2. The van der Waals surface area contributed by atoms with Crippen molar-refractivity contribution in [2.75, 3.05) is 25.1 Å². The van der Waals surface area contributed by atoms with Crippen molar-refractivity contribution < 1.29 is 9.53 Å². The Morgan fingerprint density at radius 1 is 1.18 bits per heavy atom. The minimum absolute atomic E-state index is 0.218. The van der Waals surface area contributed by atoms with Crippen molar-refractivity contribution in [3.63, 3.8) is 0 Å². The summed E-state index contributed by atoms with van der Waals surface area (Å²) >= 11 is 6.21. The van der Waals surface area contributed by atoms with E-state index in [9.17, 15) is 4.79 Å². The summed E-state index contributed by atoms with van der Waals surface area (Å²) in [7, 11) is 1.58. The van der Waals surface area contributed by atoms with Crippen molar-refractivity contribution in [3.05, 3.63) is 76.0 Å². The van der Waals surface area contributed by atoms with Gasteiger partial charge < -0.3 is 15.0 Å². The lowest BCUT2D eigenvalue weighted by molar-refractivity contribution is 0.0946. The van der Waals surface area contributed by atoms with Gasteiger partial charge in [0.2, 0.25) is 0 Å². The highest BCUT2D eigenvalue weighted by Gasteiger charge is 2.52. The number of methoxy groups -OCH3 is 1. The molecule has 0 atom stereocenters. The molecular formula is C26H28ClN9O2. The lowest BCUT2D eigenvalue weighted by Crippen LogP contribution is -2.48. The first kappa shape index (κ1) is 24.5. The van der Waals surface area contributed by atoms with Gasteiger partial charge >= 0.3 is 0 Å². The van der Waals surface area contributed by atoms with Crippen LogP contribution in [0.5, 0.6) is 0 Å². The van der Waals surface area contributed by atoms with Crippen LogP contribution in [-0.4, -0.2) is 61.1 Å². The van der Waals surface area contributed by atoms with E-state index in [1.54, 1.807) is 30.1 Å². The van der Waals surface area contributed by atoms with Crippen LogP contribution >= 0.6 is 11.6 Å². The molecule has 0 bridgehead atoms. The molecule has 38 heavy (non-hydrogen) atoms. The summed E-state index contributed by atoms with van der Waals surface area (Å²) in [5.74, 6) is 0.773. The first-order valence-electron chi connectivity index (χ1n) is 12.5. The molecule has 6 rings (SSSR count). The molecule has 1 spiro atoms. The first-order chi connectivity index (χ1) is 18.4. The molecule has 1 aliphatic carbocycles. The Morgan fingerprint density at radius 3 is 2.74 bits per heavy atom. The first-order valence-corrected chi connectivity index (χ1v) is 12.9.